The van der Waals surface area contributed by atoms with Crippen LogP contribution in [0.1, 0.15) is 26.2 Å². The van der Waals surface area contributed by atoms with Crippen LogP contribution in [0.2, 0.25) is 0 Å². The molecule has 22 heavy (non-hydrogen) atoms. The molecule has 0 atom stereocenters. The van der Waals surface area contributed by atoms with Gasteiger partial charge in [-0.05, 0) is 26.2 Å². The van der Waals surface area contributed by atoms with Gasteiger partial charge < -0.3 is 15.0 Å². The minimum absolute atomic E-state index is 0.0733. The zero-order chi connectivity index (χ0) is 16.4. The van der Waals surface area contributed by atoms with Crippen molar-refractivity contribution in [2.45, 2.75) is 26.2 Å². The first-order chi connectivity index (χ1) is 10.6. The minimum Gasteiger partial charge on any atom is -0.466 e. The van der Waals surface area contributed by atoms with Gasteiger partial charge in [0, 0.05) is 31.7 Å². The van der Waals surface area contributed by atoms with Gasteiger partial charge in [0.05, 0.1) is 12.5 Å². The van der Waals surface area contributed by atoms with Gasteiger partial charge in [0.25, 0.3) is 5.91 Å². The van der Waals surface area contributed by atoms with E-state index in [2.05, 4.69) is 5.32 Å². The number of nitriles is 1. The lowest BCUT2D eigenvalue weighted by molar-refractivity contribution is -0.149. The number of esters is 1. The van der Waals surface area contributed by atoms with E-state index >= 15 is 0 Å². The van der Waals surface area contributed by atoms with Gasteiger partial charge in [-0.25, -0.2) is 0 Å². The average Bonchev–Trinajstić information content (AvgIpc) is 2.53. The Bertz CT molecular complexity index is 451. The Morgan fingerprint density at radius 1 is 1.45 bits per heavy atom. The number of hydrogen-bond acceptors (Lipinski definition) is 5. The molecule has 1 aliphatic heterocycles. The van der Waals surface area contributed by atoms with Crippen LogP contribution in [-0.2, 0) is 14.3 Å². The SMILES string of the molecule is CCOC(=O)C1CCN(/C=C(/C#N)C(=O)NCCCCl)CC1. The quantitative estimate of drug-likeness (QED) is 0.251. The first-order valence-corrected chi connectivity index (χ1v) is 8.02. The summed E-state index contributed by atoms with van der Waals surface area (Å²) in [5, 5.41) is 11.7. The van der Waals surface area contributed by atoms with Crippen molar-refractivity contribution >= 4 is 23.5 Å². The molecule has 1 amide bonds. The summed E-state index contributed by atoms with van der Waals surface area (Å²) in [5.74, 6) is -0.175. The number of amides is 1. The molecule has 6 nitrogen and oxygen atoms in total. The Hall–Kier alpha value is -1.74. The fourth-order valence-corrected chi connectivity index (χ4v) is 2.34. The molecule has 0 saturated carbocycles. The zero-order valence-corrected chi connectivity index (χ0v) is 13.6. The average molecular weight is 328 g/mol. The third-order valence-electron chi connectivity index (χ3n) is 3.42. The minimum atomic E-state index is -0.389. The largest absolute Gasteiger partial charge is 0.466 e. The Morgan fingerprint density at radius 2 is 2.14 bits per heavy atom. The molecular weight excluding hydrogens is 306 g/mol. The van der Waals surface area contributed by atoms with Gasteiger partial charge in [-0.2, -0.15) is 5.26 Å². The number of rotatable bonds is 7. The smallest absolute Gasteiger partial charge is 0.309 e. The molecular formula is C15H22ClN3O3. The molecule has 0 aliphatic carbocycles. The van der Waals surface area contributed by atoms with Crippen LogP contribution < -0.4 is 5.32 Å². The van der Waals surface area contributed by atoms with Crippen molar-refractivity contribution in [3.63, 3.8) is 0 Å². The van der Waals surface area contributed by atoms with Gasteiger partial charge in [-0.15, -0.1) is 11.6 Å². The Labute approximate surface area is 136 Å². The van der Waals surface area contributed by atoms with Crippen LogP contribution in [0, 0.1) is 17.2 Å². The summed E-state index contributed by atoms with van der Waals surface area (Å²) in [7, 11) is 0. The van der Waals surface area contributed by atoms with E-state index in [0.29, 0.717) is 51.4 Å². The Morgan fingerprint density at radius 3 is 2.68 bits per heavy atom. The number of hydrogen-bond donors (Lipinski definition) is 1. The first kappa shape index (κ1) is 18.3. The van der Waals surface area contributed by atoms with E-state index in [1.165, 1.54) is 0 Å². The van der Waals surface area contributed by atoms with Crippen molar-refractivity contribution in [1.29, 1.82) is 5.26 Å². The third-order valence-corrected chi connectivity index (χ3v) is 3.69. The highest BCUT2D eigenvalue weighted by Gasteiger charge is 2.25. The maximum atomic E-state index is 11.8. The van der Waals surface area contributed by atoms with Gasteiger partial charge >= 0.3 is 5.97 Å². The predicted octanol–water partition coefficient (Wildman–Crippen LogP) is 1.41. The molecule has 0 spiro atoms. The molecule has 1 fully saturated rings. The molecule has 1 saturated heterocycles. The van der Waals surface area contributed by atoms with Crippen molar-refractivity contribution in [3.05, 3.63) is 11.8 Å². The molecule has 1 rings (SSSR count). The van der Waals surface area contributed by atoms with Gasteiger partial charge in [-0.1, -0.05) is 0 Å². The van der Waals surface area contributed by atoms with Crippen molar-refractivity contribution in [2.75, 3.05) is 32.1 Å². The second-order valence-electron chi connectivity index (χ2n) is 5.02. The third kappa shape index (κ3) is 5.94. The van der Waals surface area contributed by atoms with Crippen LogP contribution in [0.25, 0.3) is 0 Å². The second kappa shape index (κ2) is 10.1. The number of halogens is 1. The summed E-state index contributed by atoms with van der Waals surface area (Å²) in [6, 6.07) is 1.91. The number of alkyl halides is 1. The Kier molecular flexibility index (Phi) is 8.38. The molecule has 0 bridgehead atoms. The lowest BCUT2D eigenvalue weighted by Crippen LogP contribution is -2.35. The van der Waals surface area contributed by atoms with Crippen molar-refractivity contribution in [1.82, 2.24) is 10.2 Å². The second-order valence-corrected chi connectivity index (χ2v) is 5.39. The normalized spacial score (nSPS) is 16.0. The van der Waals surface area contributed by atoms with E-state index < -0.39 is 0 Å². The number of carbonyl (C=O) groups is 2. The highest BCUT2D eigenvalue weighted by Crippen LogP contribution is 2.19. The maximum absolute atomic E-state index is 11.8. The fraction of sp³-hybridized carbons (Fsp3) is 0.667. The lowest BCUT2D eigenvalue weighted by atomic mass is 9.97. The summed E-state index contributed by atoms with van der Waals surface area (Å²) in [5.41, 5.74) is 0.0733. The number of ether oxygens (including phenoxy) is 1. The molecule has 0 aromatic carbocycles. The summed E-state index contributed by atoms with van der Waals surface area (Å²) in [4.78, 5) is 25.4. The molecule has 7 heteroatoms. The van der Waals surface area contributed by atoms with Crippen molar-refractivity contribution in [2.24, 2.45) is 5.92 Å². The molecule has 0 aromatic heterocycles. The van der Waals surface area contributed by atoms with E-state index in [0.717, 1.165) is 0 Å². The van der Waals surface area contributed by atoms with Crippen molar-refractivity contribution in [3.8, 4) is 6.07 Å². The predicted molar refractivity (Wildman–Crippen MR) is 83.0 cm³/mol. The van der Waals surface area contributed by atoms with Gasteiger partial charge in [0.1, 0.15) is 11.6 Å². The summed E-state index contributed by atoms with van der Waals surface area (Å²) in [6.07, 6.45) is 3.57. The summed E-state index contributed by atoms with van der Waals surface area (Å²) in [6.45, 7) is 3.89. The molecule has 0 unspecified atom stereocenters. The van der Waals surface area contributed by atoms with Crippen molar-refractivity contribution < 1.29 is 14.3 Å². The van der Waals surface area contributed by atoms with Gasteiger partial charge in [-0.3, -0.25) is 9.59 Å². The highest BCUT2D eigenvalue weighted by molar-refractivity contribution is 6.17. The highest BCUT2D eigenvalue weighted by atomic mass is 35.5. The van der Waals surface area contributed by atoms with E-state index in [1.54, 1.807) is 13.1 Å². The topological polar surface area (TPSA) is 82.4 Å². The molecule has 122 valence electrons. The van der Waals surface area contributed by atoms with Crippen LogP contribution in [0.5, 0.6) is 0 Å². The monoisotopic (exact) mass is 327 g/mol. The zero-order valence-electron chi connectivity index (χ0n) is 12.8. The van der Waals surface area contributed by atoms with Gasteiger partial charge in [0.15, 0.2) is 0 Å². The van der Waals surface area contributed by atoms with E-state index in [9.17, 15) is 9.59 Å². The molecule has 1 N–H and O–H groups in total. The lowest BCUT2D eigenvalue weighted by Gasteiger charge is -2.30. The fourth-order valence-electron chi connectivity index (χ4n) is 2.21. The standard InChI is InChI=1S/C15H22ClN3O3/c1-2-22-15(21)12-4-8-19(9-5-12)11-13(10-17)14(20)18-7-3-6-16/h11-12H,2-9H2,1H3,(H,18,20)/b13-11-. The van der Waals surface area contributed by atoms with Crippen LogP contribution in [-0.4, -0.2) is 48.9 Å². The van der Waals surface area contributed by atoms with Crippen LogP contribution >= 0.6 is 11.6 Å². The number of piperidine rings is 1. The summed E-state index contributed by atoms with van der Waals surface area (Å²) < 4.78 is 5.01. The van der Waals surface area contributed by atoms with E-state index in [1.807, 2.05) is 11.0 Å². The molecule has 1 aliphatic rings. The number of nitrogens with one attached hydrogen (secondary N) is 1. The van der Waals surface area contributed by atoms with Crippen LogP contribution in [0.4, 0.5) is 0 Å². The molecule has 0 radical (unpaired) electrons. The van der Waals surface area contributed by atoms with E-state index in [-0.39, 0.29) is 23.4 Å². The Balaban J connectivity index is 2.49. The van der Waals surface area contributed by atoms with Gasteiger partial charge in [0.2, 0.25) is 0 Å². The number of carbonyl (C=O) groups excluding carboxylic acids is 2. The number of likely N-dealkylation sites (tertiary alicyclic amines) is 1. The molecule has 1 heterocycles. The van der Waals surface area contributed by atoms with E-state index in [4.69, 9.17) is 21.6 Å². The number of nitrogens with zero attached hydrogens (tertiary/aromatic N) is 2. The first-order valence-electron chi connectivity index (χ1n) is 7.49. The summed E-state index contributed by atoms with van der Waals surface area (Å²) >= 11 is 5.54. The van der Waals surface area contributed by atoms with Crippen LogP contribution in [0.3, 0.4) is 0 Å². The maximum Gasteiger partial charge on any atom is 0.309 e. The van der Waals surface area contributed by atoms with Crippen LogP contribution in [0.15, 0.2) is 11.8 Å². The molecule has 0 aromatic rings.